The van der Waals surface area contributed by atoms with E-state index in [4.69, 9.17) is 4.74 Å². The minimum Gasteiger partial charge on any atom is -0.496 e. The number of nitrogens with one attached hydrogen (secondary N) is 1. The van der Waals surface area contributed by atoms with Gasteiger partial charge >= 0.3 is 0 Å². The average Bonchev–Trinajstić information content (AvgIpc) is 2.30. The molecule has 1 saturated heterocycles. The minimum atomic E-state index is 0.540. The fourth-order valence-electron chi connectivity index (χ4n) is 2.04. The Bertz CT molecular complexity index is 334. The second-order valence-electron chi connectivity index (χ2n) is 3.90. The van der Waals surface area contributed by atoms with Gasteiger partial charge in [0.2, 0.25) is 0 Å². The van der Waals surface area contributed by atoms with Crippen LogP contribution in [0, 0.1) is 3.57 Å². The number of hydrogen-bond acceptors (Lipinski definition) is 2. The summed E-state index contributed by atoms with van der Waals surface area (Å²) in [6.07, 6.45) is 3.90. The maximum absolute atomic E-state index is 5.26. The Morgan fingerprint density at radius 3 is 2.87 bits per heavy atom. The highest BCUT2D eigenvalue weighted by Crippen LogP contribution is 2.28. The van der Waals surface area contributed by atoms with Crippen LogP contribution in [0.25, 0.3) is 0 Å². The largest absolute Gasteiger partial charge is 0.496 e. The normalized spacial score (nSPS) is 21.3. The van der Waals surface area contributed by atoms with Gasteiger partial charge in [0.15, 0.2) is 0 Å². The lowest BCUT2D eigenvalue weighted by Gasteiger charge is -2.24. The van der Waals surface area contributed by atoms with Crippen molar-refractivity contribution in [1.29, 1.82) is 0 Å². The summed E-state index contributed by atoms with van der Waals surface area (Å²) in [5.41, 5.74) is 1.39. The Hall–Kier alpha value is -0.290. The molecule has 0 aromatic heterocycles. The van der Waals surface area contributed by atoms with Crippen molar-refractivity contribution in [3.63, 3.8) is 0 Å². The molecule has 3 heteroatoms. The molecule has 1 aromatic carbocycles. The molecule has 1 fully saturated rings. The molecular formula is C12H16INO. The second-order valence-corrected chi connectivity index (χ2v) is 5.06. The average molecular weight is 317 g/mol. The SMILES string of the molecule is COc1ccc([C@H]2CCCCN2)cc1I. The van der Waals surface area contributed by atoms with Gasteiger partial charge < -0.3 is 10.1 Å². The van der Waals surface area contributed by atoms with E-state index in [1.807, 2.05) is 0 Å². The summed E-state index contributed by atoms with van der Waals surface area (Å²) in [6.45, 7) is 1.15. The highest BCUT2D eigenvalue weighted by molar-refractivity contribution is 14.1. The van der Waals surface area contributed by atoms with E-state index in [-0.39, 0.29) is 0 Å². The van der Waals surface area contributed by atoms with Gasteiger partial charge in [-0.15, -0.1) is 0 Å². The number of methoxy groups -OCH3 is 1. The van der Waals surface area contributed by atoms with Crippen molar-refractivity contribution < 1.29 is 4.74 Å². The zero-order chi connectivity index (χ0) is 10.7. The molecule has 1 aliphatic rings. The van der Waals surface area contributed by atoms with Crippen molar-refractivity contribution in [2.75, 3.05) is 13.7 Å². The van der Waals surface area contributed by atoms with Crippen LogP contribution in [0.15, 0.2) is 18.2 Å². The molecule has 0 amide bonds. The van der Waals surface area contributed by atoms with E-state index in [9.17, 15) is 0 Å². The first-order chi connectivity index (χ1) is 7.31. The lowest BCUT2D eigenvalue weighted by molar-refractivity contribution is 0.404. The highest BCUT2D eigenvalue weighted by atomic mass is 127. The molecule has 1 N–H and O–H groups in total. The van der Waals surface area contributed by atoms with Crippen molar-refractivity contribution in [3.05, 3.63) is 27.3 Å². The van der Waals surface area contributed by atoms with Crippen LogP contribution in [0.4, 0.5) is 0 Å². The van der Waals surface area contributed by atoms with Gasteiger partial charge in [0.05, 0.1) is 10.7 Å². The number of halogens is 1. The van der Waals surface area contributed by atoms with E-state index < -0.39 is 0 Å². The van der Waals surface area contributed by atoms with Crippen LogP contribution in [0.1, 0.15) is 30.9 Å². The first kappa shape index (κ1) is 11.2. The van der Waals surface area contributed by atoms with Crippen LogP contribution in [-0.2, 0) is 0 Å². The quantitative estimate of drug-likeness (QED) is 0.846. The highest BCUT2D eigenvalue weighted by Gasteiger charge is 2.15. The molecule has 0 bridgehead atoms. The van der Waals surface area contributed by atoms with Crippen molar-refractivity contribution in [3.8, 4) is 5.75 Å². The summed E-state index contributed by atoms with van der Waals surface area (Å²) in [6, 6.07) is 7.00. The third-order valence-electron chi connectivity index (χ3n) is 2.89. The summed E-state index contributed by atoms with van der Waals surface area (Å²) in [5.74, 6) is 0.968. The first-order valence-corrected chi connectivity index (χ1v) is 6.46. The monoisotopic (exact) mass is 317 g/mol. The summed E-state index contributed by atoms with van der Waals surface area (Å²) >= 11 is 2.33. The summed E-state index contributed by atoms with van der Waals surface area (Å²) in [4.78, 5) is 0. The lowest BCUT2D eigenvalue weighted by atomic mass is 9.98. The maximum atomic E-state index is 5.26. The summed E-state index contributed by atoms with van der Waals surface area (Å²) in [5, 5.41) is 3.56. The third-order valence-corrected chi connectivity index (χ3v) is 3.73. The smallest absolute Gasteiger partial charge is 0.132 e. The Labute approximate surface area is 105 Å². The summed E-state index contributed by atoms with van der Waals surface area (Å²) in [7, 11) is 1.72. The van der Waals surface area contributed by atoms with Crippen LogP contribution in [0.3, 0.4) is 0 Å². The fourth-order valence-corrected chi connectivity index (χ4v) is 2.80. The Balaban J connectivity index is 2.17. The van der Waals surface area contributed by atoms with E-state index in [1.165, 1.54) is 28.4 Å². The Morgan fingerprint density at radius 1 is 1.40 bits per heavy atom. The van der Waals surface area contributed by atoms with Crippen molar-refractivity contribution >= 4 is 22.6 Å². The van der Waals surface area contributed by atoms with Crippen molar-refractivity contribution in [1.82, 2.24) is 5.32 Å². The minimum absolute atomic E-state index is 0.540. The molecule has 1 aliphatic heterocycles. The summed E-state index contributed by atoms with van der Waals surface area (Å²) < 4.78 is 6.45. The fraction of sp³-hybridized carbons (Fsp3) is 0.500. The topological polar surface area (TPSA) is 21.3 Å². The molecule has 15 heavy (non-hydrogen) atoms. The Morgan fingerprint density at radius 2 is 2.27 bits per heavy atom. The molecule has 0 saturated carbocycles. The van der Waals surface area contributed by atoms with Gasteiger partial charge in [0, 0.05) is 6.04 Å². The van der Waals surface area contributed by atoms with E-state index in [0.717, 1.165) is 12.3 Å². The number of ether oxygens (including phenoxy) is 1. The standard InChI is InChI=1S/C12H16INO/c1-15-12-6-5-9(8-10(12)13)11-4-2-3-7-14-11/h5-6,8,11,14H,2-4,7H2,1H3/t11-/m1/s1. The van der Waals surface area contributed by atoms with E-state index in [2.05, 4.69) is 46.1 Å². The van der Waals surface area contributed by atoms with E-state index in [0.29, 0.717) is 6.04 Å². The molecule has 0 unspecified atom stereocenters. The molecule has 2 rings (SSSR count). The van der Waals surface area contributed by atoms with E-state index >= 15 is 0 Å². The molecule has 0 aliphatic carbocycles. The molecule has 0 spiro atoms. The Kier molecular flexibility index (Phi) is 3.86. The van der Waals surface area contributed by atoms with Gasteiger partial charge in [0.1, 0.15) is 5.75 Å². The number of hydrogen-bond donors (Lipinski definition) is 1. The lowest BCUT2D eigenvalue weighted by Crippen LogP contribution is -2.26. The van der Waals surface area contributed by atoms with Gasteiger partial charge in [0.25, 0.3) is 0 Å². The second kappa shape index (κ2) is 5.16. The van der Waals surface area contributed by atoms with Crippen LogP contribution in [0.2, 0.25) is 0 Å². The number of rotatable bonds is 2. The van der Waals surface area contributed by atoms with Crippen LogP contribution in [0.5, 0.6) is 5.75 Å². The molecule has 82 valence electrons. The zero-order valence-corrected chi connectivity index (χ0v) is 11.1. The first-order valence-electron chi connectivity index (χ1n) is 5.38. The zero-order valence-electron chi connectivity index (χ0n) is 8.92. The van der Waals surface area contributed by atoms with Crippen molar-refractivity contribution in [2.45, 2.75) is 25.3 Å². The van der Waals surface area contributed by atoms with Crippen LogP contribution < -0.4 is 10.1 Å². The predicted octanol–water partition coefficient (Wildman–Crippen LogP) is 3.11. The molecule has 0 radical (unpaired) electrons. The predicted molar refractivity (Wildman–Crippen MR) is 70.3 cm³/mol. The van der Waals surface area contributed by atoms with Gasteiger partial charge in [-0.05, 0) is 59.7 Å². The van der Waals surface area contributed by atoms with Gasteiger partial charge in [-0.2, -0.15) is 0 Å². The molecule has 2 nitrogen and oxygen atoms in total. The van der Waals surface area contributed by atoms with Crippen molar-refractivity contribution in [2.24, 2.45) is 0 Å². The van der Waals surface area contributed by atoms with E-state index in [1.54, 1.807) is 7.11 Å². The maximum Gasteiger partial charge on any atom is 0.132 e. The molecule has 1 aromatic rings. The van der Waals surface area contributed by atoms with Gasteiger partial charge in [-0.25, -0.2) is 0 Å². The number of piperidine rings is 1. The van der Waals surface area contributed by atoms with Gasteiger partial charge in [-0.3, -0.25) is 0 Å². The molecular weight excluding hydrogens is 301 g/mol. The number of benzene rings is 1. The van der Waals surface area contributed by atoms with Crippen LogP contribution >= 0.6 is 22.6 Å². The van der Waals surface area contributed by atoms with Crippen LogP contribution in [-0.4, -0.2) is 13.7 Å². The molecule has 1 heterocycles. The molecule has 1 atom stereocenters. The third kappa shape index (κ3) is 2.64. The van der Waals surface area contributed by atoms with Gasteiger partial charge in [-0.1, -0.05) is 12.5 Å².